The molecule has 0 saturated heterocycles. The Morgan fingerprint density at radius 3 is 2.67 bits per heavy atom. The summed E-state index contributed by atoms with van der Waals surface area (Å²) >= 11 is 0. The van der Waals surface area contributed by atoms with Crippen LogP contribution in [0.25, 0.3) is 0 Å². The molecule has 1 aromatic heterocycles. The molecule has 0 aliphatic carbocycles. The van der Waals surface area contributed by atoms with Crippen molar-refractivity contribution in [2.75, 3.05) is 19.7 Å². The number of para-hydroxylation sites is 1. The highest BCUT2D eigenvalue weighted by atomic mass is 16.5. The monoisotopic (exact) mass is 290 g/mol. The molecule has 0 amide bonds. The molecule has 0 radical (unpaired) electrons. The molecule has 0 unspecified atom stereocenters. The van der Waals surface area contributed by atoms with E-state index in [2.05, 4.69) is 46.5 Å². The van der Waals surface area contributed by atoms with Crippen LogP contribution in [0.5, 0.6) is 5.75 Å². The fourth-order valence-electron chi connectivity index (χ4n) is 2.15. The topological polar surface area (TPSA) is 82.8 Å². The summed E-state index contributed by atoms with van der Waals surface area (Å²) < 4.78 is 5.83. The Labute approximate surface area is 123 Å². The number of benzene rings is 1. The molecule has 0 aliphatic heterocycles. The third-order valence-corrected chi connectivity index (χ3v) is 3.24. The number of hydrogen-bond acceptors (Lipinski definition) is 4. The first-order chi connectivity index (χ1) is 10.2. The minimum Gasteiger partial charge on any atom is -0.493 e. The van der Waals surface area contributed by atoms with Crippen molar-refractivity contribution < 1.29 is 4.74 Å². The lowest BCUT2D eigenvalue weighted by Crippen LogP contribution is -2.21. The van der Waals surface area contributed by atoms with Crippen LogP contribution in [-0.4, -0.2) is 34.9 Å². The van der Waals surface area contributed by atoms with Gasteiger partial charge in [-0.15, -0.1) is 0 Å². The average molecular weight is 290 g/mol. The van der Waals surface area contributed by atoms with Crippen LogP contribution in [0.2, 0.25) is 0 Å². The van der Waals surface area contributed by atoms with Crippen LogP contribution in [-0.2, 0) is 6.42 Å². The fraction of sp³-hybridized carbons (Fsp3) is 0.467. The number of hydrogen-bond donors (Lipinski definition) is 3. The maximum atomic E-state index is 10.8. The number of rotatable bonds is 8. The van der Waals surface area contributed by atoms with Crippen LogP contribution in [0.4, 0.5) is 0 Å². The summed E-state index contributed by atoms with van der Waals surface area (Å²) in [4.78, 5) is 13.5. The van der Waals surface area contributed by atoms with Gasteiger partial charge in [0, 0.05) is 13.0 Å². The van der Waals surface area contributed by atoms with Crippen LogP contribution in [0.3, 0.4) is 0 Å². The Hall–Kier alpha value is -2.08. The van der Waals surface area contributed by atoms with Crippen molar-refractivity contribution in [1.82, 2.24) is 20.5 Å². The van der Waals surface area contributed by atoms with Crippen molar-refractivity contribution in [3.8, 4) is 5.75 Å². The van der Waals surface area contributed by atoms with Gasteiger partial charge in [-0.1, -0.05) is 18.2 Å². The average Bonchev–Trinajstić information content (AvgIpc) is 2.86. The van der Waals surface area contributed by atoms with Crippen LogP contribution >= 0.6 is 0 Å². The molecule has 0 fully saturated rings. The number of nitrogens with zero attached hydrogens (tertiary/aromatic N) is 1. The van der Waals surface area contributed by atoms with Gasteiger partial charge in [-0.3, -0.25) is 4.98 Å². The van der Waals surface area contributed by atoms with E-state index in [-0.39, 0.29) is 5.69 Å². The summed E-state index contributed by atoms with van der Waals surface area (Å²) in [5, 5.41) is 9.50. The highest BCUT2D eigenvalue weighted by molar-refractivity contribution is 5.39. The summed E-state index contributed by atoms with van der Waals surface area (Å²) in [5.41, 5.74) is 2.09. The molecule has 6 heteroatoms. The summed E-state index contributed by atoms with van der Waals surface area (Å²) in [6.45, 7) is 6.47. The minimum atomic E-state index is -0.257. The van der Waals surface area contributed by atoms with Gasteiger partial charge in [-0.05, 0) is 37.9 Å². The largest absolute Gasteiger partial charge is 0.493 e. The number of ether oxygens (including phenoxy) is 1. The van der Waals surface area contributed by atoms with E-state index in [0.29, 0.717) is 18.9 Å². The molecule has 114 valence electrons. The Kier molecular flexibility index (Phi) is 5.57. The maximum absolute atomic E-state index is 10.8. The fourth-order valence-corrected chi connectivity index (χ4v) is 2.15. The maximum Gasteiger partial charge on any atom is 0.340 e. The number of aromatic nitrogens is 3. The lowest BCUT2D eigenvalue weighted by molar-refractivity contribution is 0.304. The summed E-state index contributed by atoms with van der Waals surface area (Å²) in [7, 11) is 0. The van der Waals surface area contributed by atoms with Crippen LogP contribution < -0.4 is 15.7 Å². The van der Waals surface area contributed by atoms with Gasteiger partial charge in [-0.2, -0.15) is 5.10 Å². The van der Waals surface area contributed by atoms with E-state index in [1.807, 2.05) is 6.07 Å². The van der Waals surface area contributed by atoms with Crippen LogP contribution in [0.1, 0.15) is 23.4 Å². The Bertz CT molecular complexity index is 598. The van der Waals surface area contributed by atoms with Gasteiger partial charge < -0.3 is 10.1 Å². The summed E-state index contributed by atoms with van der Waals surface area (Å²) in [5.74, 6) is 1.67. The molecule has 0 bridgehead atoms. The molecular weight excluding hydrogens is 268 g/mol. The smallest absolute Gasteiger partial charge is 0.340 e. The predicted molar refractivity (Wildman–Crippen MR) is 81.8 cm³/mol. The van der Waals surface area contributed by atoms with E-state index >= 15 is 0 Å². The van der Waals surface area contributed by atoms with E-state index in [9.17, 15) is 4.79 Å². The normalized spacial score (nSPS) is 10.8. The molecule has 0 aliphatic rings. The van der Waals surface area contributed by atoms with Gasteiger partial charge in [0.05, 0.1) is 6.61 Å². The van der Waals surface area contributed by atoms with Crippen LogP contribution in [0, 0.1) is 13.8 Å². The highest BCUT2D eigenvalue weighted by Crippen LogP contribution is 2.22. The molecular formula is C15H22N4O2. The first-order valence-corrected chi connectivity index (χ1v) is 7.20. The number of aryl methyl sites for hydroxylation is 2. The zero-order valence-corrected chi connectivity index (χ0v) is 12.5. The molecule has 6 nitrogen and oxygen atoms in total. The molecule has 3 N–H and O–H groups in total. The Morgan fingerprint density at radius 1 is 1.24 bits per heavy atom. The van der Waals surface area contributed by atoms with Crippen molar-refractivity contribution in [2.45, 2.75) is 26.7 Å². The van der Waals surface area contributed by atoms with Gasteiger partial charge in [0.1, 0.15) is 11.6 Å². The second kappa shape index (κ2) is 7.64. The molecule has 1 heterocycles. The Balaban J connectivity index is 1.59. The highest BCUT2D eigenvalue weighted by Gasteiger charge is 2.02. The van der Waals surface area contributed by atoms with E-state index < -0.39 is 0 Å². The third kappa shape index (κ3) is 4.75. The summed E-state index contributed by atoms with van der Waals surface area (Å²) in [6.07, 6.45) is 1.64. The van der Waals surface area contributed by atoms with Gasteiger partial charge in [0.2, 0.25) is 0 Å². The standard InChI is InChI=1S/C15H22N4O2/c1-11-5-3-6-12(2)14(11)21-10-4-8-16-9-7-13-17-15(20)19-18-13/h3,5-6,16H,4,7-10H2,1-2H3,(H2,17,18,19,20). The molecule has 0 saturated carbocycles. The molecule has 2 aromatic rings. The van der Waals surface area contributed by atoms with Crippen molar-refractivity contribution in [1.29, 1.82) is 0 Å². The number of nitrogens with one attached hydrogen (secondary N) is 3. The minimum absolute atomic E-state index is 0.257. The lowest BCUT2D eigenvalue weighted by atomic mass is 10.1. The van der Waals surface area contributed by atoms with Gasteiger partial charge in [0.15, 0.2) is 0 Å². The molecule has 2 rings (SSSR count). The second-order valence-corrected chi connectivity index (χ2v) is 5.05. The molecule has 0 spiro atoms. The molecule has 21 heavy (non-hydrogen) atoms. The zero-order valence-electron chi connectivity index (χ0n) is 12.5. The van der Waals surface area contributed by atoms with Crippen molar-refractivity contribution in [3.05, 3.63) is 45.6 Å². The van der Waals surface area contributed by atoms with E-state index in [0.717, 1.165) is 25.3 Å². The molecule has 1 aromatic carbocycles. The third-order valence-electron chi connectivity index (χ3n) is 3.24. The quantitative estimate of drug-likeness (QED) is 0.640. The Morgan fingerprint density at radius 2 is 2.00 bits per heavy atom. The first kappa shape index (κ1) is 15.3. The summed E-state index contributed by atoms with van der Waals surface area (Å²) in [6, 6.07) is 6.16. The van der Waals surface area contributed by atoms with E-state index in [4.69, 9.17) is 4.74 Å². The van der Waals surface area contributed by atoms with Crippen molar-refractivity contribution >= 4 is 0 Å². The van der Waals surface area contributed by atoms with E-state index in [1.54, 1.807) is 0 Å². The van der Waals surface area contributed by atoms with Crippen molar-refractivity contribution in [3.63, 3.8) is 0 Å². The number of aromatic amines is 2. The van der Waals surface area contributed by atoms with Gasteiger partial charge >= 0.3 is 5.69 Å². The molecule has 0 atom stereocenters. The second-order valence-electron chi connectivity index (χ2n) is 5.05. The zero-order chi connectivity index (χ0) is 15.1. The van der Waals surface area contributed by atoms with E-state index in [1.165, 1.54) is 11.1 Å². The lowest BCUT2D eigenvalue weighted by Gasteiger charge is -2.11. The number of H-pyrrole nitrogens is 2. The van der Waals surface area contributed by atoms with Gasteiger partial charge in [0.25, 0.3) is 0 Å². The van der Waals surface area contributed by atoms with Crippen LogP contribution in [0.15, 0.2) is 23.0 Å². The first-order valence-electron chi connectivity index (χ1n) is 7.20. The predicted octanol–water partition coefficient (Wildman–Crippen LogP) is 1.32. The SMILES string of the molecule is Cc1cccc(C)c1OCCCNCCc1n[nH]c(=O)[nH]1. The van der Waals surface area contributed by atoms with Crippen molar-refractivity contribution in [2.24, 2.45) is 0 Å². The van der Waals surface area contributed by atoms with Gasteiger partial charge in [-0.25, -0.2) is 9.89 Å².